The average molecular weight is 218 g/mol. The van der Waals surface area contributed by atoms with Gasteiger partial charge in [0.15, 0.2) is 7.29 Å². The molecule has 0 saturated heterocycles. The third-order valence-electron chi connectivity index (χ3n) is 1.92. The molecule has 1 aromatic rings. The lowest BCUT2D eigenvalue weighted by atomic mass is 10.3. The Morgan fingerprint density at radius 3 is 2.08 bits per heavy atom. The molecule has 1 rings (SSSR count). The van der Waals surface area contributed by atoms with Crippen LogP contribution in [0.25, 0.3) is 0 Å². The van der Waals surface area contributed by atoms with Crippen LogP contribution in [0.1, 0.15) is 0 Å². The Hall–Kier alpha value is -0.460. The van der Waals surface area contributed by atoms with Crippen molar-refractivity contribution < 1.29 is 4.57 Å². The maximum absolute atomic E-state index is 11.7. The molecule has 0 saturated carbocycles. The average Bonchev–Trinajstić information content (AvgIpc) is 2.03. The van der Waals surface area contributed by atoms with Gasteiger partial charge in [-0.25, -0.2) is 0 Å². The van der Waals surface area contributed by atoms with Crippen LogP contribution in [0.2, 0.25) is 5.02 Å². The van der Waals surface area contributed by atoms with E-state index >= 15 is 0 Å². The number of hydrogen-bond acceptors (Lipinski definition) is 1. The molecule has 0 aliphatic heterocycles. The van der Waals surface area contributed by atoms with Crippen molar-refractivity contribution in [3.8, 4) is 0 Å². The van der Waals surface area contributed by atoms with E-state index in [1.54, 1.807) is 30.1 Å². The highest BCUT2D eigenvalue weighted by atomic mass is 35.5. The molecule has 0 amide bonds. The van der Waals surface area contributed by atoms with Gasteiger partial charge < -0.3 is 9.24 Å². The first kappa shape index (κ1) is 10.6. The van der Waals surface area contributed by atoms with Gasteiger partial charge in [0.25, 0.3) is 0 Å². The SMILES string of the molecule is CN(c1ccc(Cl)cc1)P(C)(C)=O. The van der Waals surface area contributed by atoms with E-state index < -0.39 is 7.29 Å². The summed E-state index contributed by atoms with van der Waals surface area (Å²) >= 11 is 5.74. The van der Waals surface area contributed by atoms with Crippen molar-refractivity contribution >= 4 is 24.6 Å². The summed E-state index contributed by atoms with van der Waals surface area (Å²) in [6, 6.07) is 7.32. The van der Waals surface area contributed by atoms with Crippen LogP contribution in [0.4, 0.5) is 5.69 Å². The van der Waals surface area contributed by atoms with E-state index in [0.717, 1.165) is 5.69 Å². The van der Waals surface area contributed by atoms with Gasteiger partial charge in [-0.15, -0.1) is 0 Å². The van der Waals surface area contributed by atoms with E-state index in [9.17, 15) is 4.57 Å². The van der Waals surface area contributed by atoms with Gasteiger partial charge in [0, 0.05) is 31.1 Å². The number of anilines is 1. The number of halogens is 1. The Kier molecular flexibility index (Phi) is 3.05. The number of nitrogens with zero attached hydrogens (tertiary/aromatic N) is 1. The van der Waals surface area contributed by atoms with Crippen LogP contribution in [0.5, 0.6) is 0 Å². The fraction of sp³-hybridized carbons (Fsp3) is 0.333. The van der Waals surface area contributed by atoms with Gasteiger partial charge in [-0.05, 0) is 24.3 Å². The molecule has 0 spiro atoms. The minimum atomic E-state index is -2.20. The minimum absolute atomic E-state index is 0.694. The zero-order valence-corrected chi connectivity index (χ0v) is 9.64. The summed E-state index contributed by atoms with van der Waals surface area (Å²) in [5, 5.41) is 0.694. The second kappa shape index (κ2) is 3.73. The first-order chi connectivity index (χ1) is 5.91. The summed E-state index contributed by atoms with van der Waals surface area (Å²) in [5.41, 5.74) is 0.928. The maximum Gasteiger partial charge on any atom is 0.166 e. The highest BCUT2D eigenvalue weighted by molar-refractivity contribution is 7.63. The van der Waals surface area contributed by atoms with Gasteiger partial charge in [0.05, 0.1) is 0 Å². The summed E-state index contributed by atoms with van der Waals surface area (Å²) in [5.74, 6) is 0. The van der Waals surface area contributed by atoms with Crippen LogP contribution in [-0.4, -0.2) is 20.4 Å². The van der Waals surface area contributed by atoms with E-state index in [2.05, 4.69) is 0 Å². The Labute approximate surface area is 83.9 Å². The molecular weight excluding hydrogens is 205 g/mol. The fourth-order valence-electron chi connectivity index (χ4n) is 0.935. The van der Waals surface area contributed by atoms with E-state index in [1.165, 1.54) is 0 Å². The second-order valence-corrected chi connectivity index (χ2v) is 6.92. The minimum Gasteiger partial charge on any atom is -0.326 e. The predicted octanol–water partition coefficient (Wildman–Crippen LogP) is 3.31. The van der Waals surface area contributed by atoms with Crippen molar-refractivity contribution in [3.63, 3.8) is 0 Å². The largest absolute Gasteiger partial charge is 0.326 e. The molecule has 2 nitrogen and oxygen atoms in total. The first-order valence-corrected chi connectivity index (χ1v) is 6.89. The van der Waals surface area contributed by atoms with Crippen LogP contribution < -0.4 is 4.67 Å². The molecule has 0 unspecified atom stereocenters. The third kappa shape index (κ3) is 2.75. The Morgan fingerprint density at radius 2 is 1.69 bits per heavy atom. The van der Waals surface area contributed by atoms with E-state index in [4.69, 9.17) is 11.6 Å². The Morgan fingerprint density at radius 1 is 1.23 bits per heavy atom. The highest BCUT2D eigenvalue weighted by Gasteiger charge is 2.14. The molecule has 1 aromatic carbocycles. The second-order valence-electron chi connectivity index (χ2n) is 3.29. The van der Waals surface area contributed by atoms with Crippen LogP contribution in [0.15, 0.2) is 24.3 Å². The van der Waals surface area contributed by atoms with Crippen LogP contribution in [0.3, 0.4) is 0 Å². The van der Waals surface area contributed by atoms with Crippen molar-refractivity contribution in [1.29, 1.82) is 0 Å². The summed E-state index contributed by atoms with van der Waals surface area (Å²) < 4.78 is 13.5. The van der Waals surface area contributed by atoms with Gasteiger partial charge >= 0.3 is 0 Å². The Bertz CT molecular complexity index is 330. The molecule has 0 fully saturated rings. The molecule has 72 valence electrons. The number of benzene rings is 1. The summed E-state index contributed by atoms with van der Waals surface area (Å²) in [6.07, 6.45) is 0. The standard InChI is InChI=1S/C9H13ClNOP/c1-11(13(2,3)12)9-6-4-8(10)5-7-9/h4-7H,1-3H3. The zero-order valence-electron chi connectivity index (χ0n) is 7.99. The lowest BCUT2D eigenvalue weighted by molar-refractivity contribution is 0.581. The fourth-order valence-corrected chi connectivity index (χ4v) is 1.75. The van der Waals surface area contributed by atoms with Gasteiger partial charge in [-0.3, -0.25) is 0 Å². The number of rotatable bonds is 2. The van der Waals surface area contributed by atoms with Gasteiger partial charge in [0.1, 0.15) is 0 Å². The summed E-state index contributed by atoms with van der Waals surface area (Å²) in [4.78, 5) is 0. The van der Waals surface area contributed by atoms with Crippen molar-refractivity contribution in [2.24, 2.45) is 0 Å². The van der Waals surface area contributed by atoms with Crippen LogP contribution in [-0.2, 0) is 4.57 Å². The third-order valence-corrected chi connectivity index (χ3v) is 3.85. The van der Waals surface area contributed by atoms with Crippen molar-refractivity contribution in [2.45, 2.75) is 0 Å². The Balaban J connectivity index is 2.97. The van der Waals surface area contributed by atoms with Gasteiger partial charge in [-0.2, -0.15) is 0 Å². The van der Waals surface area contributed by atoms with Crippen LogP contribution in [0, 0.1) is 0 Å². The molecular formula is C9H13ClNOP. The van der Waals surface area contributed by atoms with Crippen molar-refractivity contribution in [1.82, 2.24) is 0 Å². The smallest absolute Gasteiger partial charge is 0.166 e. The molecule has 0 N–H and O–H groups in total. The van der Waals surface area contributed by atoms with Crippen molar-refractivity contribution in [3.05, 3.63) is 29.3 Å². The molecule has 0 radical (unpaired) electrons. The predicted molar refractivity (Wildman–Crippen MR) is 59.3 cm³/mol. The molecule has 0 aliphatic rings. The zero-order chi connectivity index (χ0) is 10.1. The summed E-state index contributed by atoms with van der Waals surface area (Å²) in [6.45, 7) is 3.48. The van der Waals surface area contributed by atoms with E-state index in [-0.39, 0.29) is 0 Å². The molecule has 0 aliphatic carbocycles. The van der Waals surface area contributed by atoms with E-state index in [0.29, 0.717) is 5.02 Å². The lowest BCUT2D eigenvalue weighted by Gasteiger charge is -2.23. The first-order valence-electron chi connectivity index (χ1n) is 3.96. The quantitative estimate of drug-likeness (QED) is 0.709. The molecule has 0 aromatic heterocycles. The lowest BCUT2D eigenvalue weighted by Crippen LogP contribution is -2.11. The number of hydrogen-bond donors (Lipinski definition) is 0. The van der Waals surface area contributed by atoms with Crippen molar-refractivity contribution in [2.75, 3.05) is 25.0 Å². The highest BCUT2D eigenvalue weighted by Crippen LogP contribution is 2.43. The normalized spacial score (nSPS) is 11.4. The molecule has 0 bridgehead atoms. The molecule has 0 heterocycles. The van der Waals surface area contributed by atoms with Gasteiger partial charge in [0.2, 0.25) is 0 Å². The topological polar surface area (TPSA) is 20.3 Å². The van der Waals surface area contributed by atoms with Crippen LogP contribution >= 0.6 is 18.9 Å². The molecule has 0 atom stereocenters. The maximum atomic E-state index is 11.7. The monoisotopic (exact) mass is 217 g/mol. The molecule has 13 heavy (non-hydrogen) atoms. The molecule has 4 heteroatoms. The summed E-state index contributed by atoms with van der Waals surface area (Å²) in [7, 11) is -0.380. The van der Waals surface area contributed by atoms with E-state index in [1.807, 2.05) is 19.2 Å². The van der Waals surface area contributed by atoms with Gasteiger partial charge in [-0.1, -0.05) is 11.6 Å².